The van der Waals surface area contributed by atoms with Crippen molar-refractivity contribution in [1.82, 2.24) is 0 Å². The number of aliphatic imine (C=N–C) groups is 1. The third kappa shape index (κ3) is 2.19. The molecule has 0 saturated carbocycles. The first-order valence-electron chi connectivity index (χ1n) is 6.59. The lowest BCUT2D eigenvalue weighted by molar-refractivity contribution is -0.847. The standard InChI is InChI=1S/C13H14N4O2S/c18-16(19)11-6-4-10(5-7-11)12-14-13(20)17(15-12)8-2-1-3-9-17/h4-7H,1-3,8-9H2. The Hall–Kier alpha value is -1.86. The van der Waals surface area contributed by atoms with E-state index in [2.05, 4.69) is 10.1 Å². The SMILES string of the molecule is O=[N+]([O-])c1ccc(C2=N[N+]3(CCCCC3)C([S-])=N2)cc1. The fraction of sp³-hybridized carbons (Fsp3) is 0.385. The second-order valence-electron chi connectivity index (χ2n) is 5.05. The Balaban J connectivity index is 1.91. The Morgan fingerprint density at radius 3 is 2.40 bits per heavy atom. The van der Waals surface area contributed by atoms with E-state index in [1.807, 2.05) is 0 Å². The summed E-state index contributed by atoms with van der Waals surface area (Å²) in [4.78, 5) is 14.6. The van der Waals surface area contributed by atoms with Gasteiger partial charge in [0.1, 0.15) is 18.3 Å². The number of nitro benzene ring substituents is 1. The Morgan fingerprint density at radius 1 is 1.15 bits per heavy atom. The van der Waals surface area contributed by atoms with Gasteiger partial charge in [-0.05, 0) is 31.4 Å². The monoisotopic (exact) mass is 290 g/mol. The van der Waals surface area contributed by atoms with Crippen LogP contribution in [-0.4, -0.2) is 33.6 Å². The van der Waals surface area contributed by atoms with Gasteiger partial charge in [-0.2, -0.15) is 9.58 Å². The van der Waals surface area contributed by atoms with Gasteiger partial charge in [-0.15, -0.1) is 0 Å². The maximum absolute atomic E-state index is 10.7. The van der Waals surface area contributed by atoms with Crippen LogP contribution < -0.4 is 0 Å². The summed E-state index contributed by atoms with van der Waals surface area (Å²) in [6, 6.07) is 6.29. The van der Waals surface area contributed by atoms with Crippen LogP contribution in [0.4, 0.5) is 5.69 Å². The number of quaternary nitrogens is 1. The smallest absolute Gasteiger partial charge is 0.269 e. The lowest BCUT2D eigenvalue weighted by atomic mass is 10.1. The lowest BCUT2D eigenvalue weighted by Gasteiger charge is -2.35. The van der Waals surface area contributed by atoms with Crippen LogP contribution in [0.15, 0.2) is 34.4 Å². The van der Waals surface area contributed by atoms with Crippen LogP contribution in [0.2, 0.25) is 0 Å². The average Bonchev–Trinajstić information content (AvgIpc) is 2.77. The minimum atomic E-state index is -0.416. The summed E-state index contributed by atoms with van der Waals surface area (Å²) >= 11 is 5.38. The van der Waals surface area contributed by atoms with Gasteiger partial charge in [0.25, 0.3) is 5.69 Å². The van der Waals surface area contributed by atoms with E-state index in [1.165, 1.54) is 18.6 Å². The van der Waals surface area contributed by atoms with Gasteiger partial charge >= 0.3 is 0 Å². The molecule has 1 aromatic carbocycles. The Kier molecular flexibility index (Phi) is 3.23. The summed E-state index contributed by atoms with van der Waals surface area (Å²) in [5, 5.41) is 15.9. The quantitative estimate of drug-likeness (QED) is 0.363. The molecule has 0 aromatic heterocycles. The van der Waals surface area contributed by atoms with Gasteiger partial charge in [-0.25, -0.2) is 0 Å². The molecule has 0 unspecified atom stereocenters. The van der Waals surface area contributed by atoms with Gasteiger partial charge in [0.05, 0.1) is 4.92 Å². The molecule has 0 amide bonds. The summed E-state index contributed by atoms with van der Waals surface area (Å²) in [5.41, 5.74) is 0.843. The van der Waals surface area contributed by atoms with Gasteiger partial charge in [0.15, 0.2) is 0 Å². The summed E-state index contributed by atoms with van der Waals surface area (Å²) in [7, 11) is 0. The fourth-order valence-electron chi connectivity index (χ4n) is 2.61. The number of nitro groups is 1. The lowest BCUT2D eigenvalue weighted by Crippen LogP contribution is -2.48. The van der Waals surface area contributed by atoms with Gasteiger partial charge in [-0.3, -0.25) is 10.1 Å². The van der Waals surface area contributed by atoms with Gasteiger partial charge in [-0.1, -0.05) is 5.10 Å². The van der Waals surface area contributed by atoms with Crippen LogP contribution in [0.1, 0.15) is 24.8 Å². The van der Waals surface area contributed by atoms with Crippen molar-refractivity contribution in [3.63, 3.8) is 0 Å². The molecule has 7 heteroatoms. The molecule has 1 fully saturated rings. The van der Waals surface area contributed by atoms with Crippen molar-refractivity contribution in [2.45, 2.75) is 19.3 Å². The molecule has 6 nitrogen and oxygen atoms in total. The highest BCUT2D eigenvalue weighted by Crippen LogP contribution is 2.26. The van der Waals surface area contributed by atoms with Crippen LogP contribution in [0.5, 0.6) is 0 Å². The Morgan fingerprint density at radius 2 is 1.80 bits per heavy atom. The van der Waals surface area contributed by atoms with Crippen molar-refractivity contribution in [1.29, 1.82) is 0 Å². The summed E-state index contributed by atoms with van der Waals surface area (Å²) in [5.74, 6) is 0.590. The van der Waals surface area contributed by atoms with E-state index in [4.69, 9.17) is 12.6 Å². The molecule has 1 spiro atoms. The van der Waals surface area contributed by atoms with Crippen LogP contribution in [0.3, 0.4) is 0 Å². The maximum atomic E-state index is 10.7. The molecule has 3 rings (SSSR count). The zero-order valence-electron chi connectivity index (χ0n) is 10.9. The van der Waals surface area contributed by atoms with Gasteiger partial charge < -0.3 is 12.6 Å². The first-order valence-corrected chi connectivity index (χ1v) is 7.00. The van der Waals surface area contributed by atoms with Crippen molar-refractivity contribution in [3.05, 3.63) is 39.9 Å². The molecule has 0 aliphatic carbocycles. The Labute approximate surface area is 122 Å². The number of nitrogens with zero attached hydrogens (tertiary/aromatic N) is 4. The van der Waals surface area contributed by atoms with E-state index in [0.29, 0.717) is 15.6 Å². The highest BCUT2D eigenvalue weighted by atomic mass is 32.1. The van der Waals surface area contributed by atoms with E-state index in [-0.39, 0.29) is 5.69 Å². The molecule has 0 N–H and O–H groups in total. The topological polar surface area (TPSA) is 67.9 Å². The summed E-state index contributed by atoms with van der Waals surface area (Å²) in [6.07, 6.45) is 3.42. The highest BCUT2D eigenvalue weighted by Gasteiger charge is 2.35. The van der Waals surface area contributed by atoms with Crippen molar-refractivity contribution in [2.75, 3.05) is 13.1 Å². The normalized spacial score (nSPS) is 20.6. The molecule has 104 valence electrons. The zero-order chi connectivity index (χ0) is 14.2. The highest BCUT2D eigenvalue weighted by molar-refractivity contribution is 7.76. The van der Waals surface area contributed by atoms with E-state index in [9.17, 15) is 10.1 Å². The van der Waals surface area contributed by atoms with Crippen LogP contribution in [-0.2, 0) is 12.6 Å². The molecule has 0 atom stereocenters. The molecule has 1 aromatic rings. The summed E-state index contributed by atoms with van der Waals surface area (Å²) in [6.45, 7) is 1.80. The van der Waals surface area contributed by atoms with E-state index in [1.54, 1.807) is 12.1 Å². The van der Waals surface area contributed by atoms with Crippen molar-refractivity contribution >= 4 is 29.3 Å². The van der Waals surface area contributed by atoms with E-state index in [0.717, 1.165) is 31.5 Å². The van der Waals surface area contributed by atoms with Crippen LogP contribution >= 0.6 is 0 Å². The van der Waals surface area contributed by atoms with Crippen molar-refractivity contribution < 1.29 is 9.52 Å². The number of hydrogen-bond donors (Lipinski definition) is 0. The fourth-order valence-corrected chi connectivity index (χ4v) is 2.92. The maximum Gasteiger partial charge on any atom is 0.269 e. The number of amidine groups is 2. The predicted octanol–water partition coefficient (Wildman–Crippen LogP) is 2.17. The predicted molar refractivity (Wildman–Crippen MR) is 78.3 cm³/mol. The summed E-state index contributed by atoms with van der Waals surface area (Å²) < 4.78 is 0.432. The molecular weight excluding hydrogens is 276 g/mol. The molecule has 2 aliphatic rings. The van der Waals surface area contributed by atoms with Gasteiger partial charge in [0, 0.05) is 17.7 Å². The second kappa shape index (κ2) is 4.92. The number of non-ortho nitro benzene ring substituents is 1. The van der Waals surface area contributed by atoms with E-state index < -0.39 is 4.92 Å². The number of hydrogen-bond acceptors (Lipinski definition) is 5. The van der Waals surface area contributed by atoms with E-state index >= 15 is 0 Å². The minimum Gasteiger partial charge on any atom is -0.697 e. The molecule has 2 heterocycles. The third-order valence-electron chi connectivity index (χ3n) is 3.74. The van der Waals surface area contributed by atoms with Crippen molar-refractivity contribution in [3.8, 4) is 0 Å². The molecule has 20 heavy (non-hydrogen) atoms. The van der Waals surface area contributed by atoms with Gasteiger partial charge in [0.2, 0.25) is 5.84 Å². The molecule has 2 aliphatic heterocycles. The van der Waals surface area contributed by atoms with Crippen molar-refractivity contribution in [2.24, 2.45) is 10.1 Å². The van der Waals surface area contributed by atoms with Crippen LogP contribution in [0.25, 0.3) is 0 Å². The third-order valence-corrected chi connectivity index (χ3v) is 4.17. The minimum absolute atomic E-state index is 0.0665. The average molecular weight is 290 g/mol. The van der Waals surface area contributed by atoms with Crippen LogP contribution in [0, 0.1) is 10.1 Å². The molecular formula is C13H14N4O2S. The second-order valence-corrected chi connectivity index (χ2v) is 5.42. The zero-order valence-corrected chi connectivity index (χ0v) is 11.7. The first kappa shape index (κ1) is 13.1. The molecule has 1 saturated heterocycles. The first-order chi connectivity index (χ1) is 9.61. The number of benzene rings is 1. The number of rotatable bonds is 2. The Bertz CT molecular complexity index is 603. The molecule has 0 radical (unpaired) electrons. The molecule has 0 bridgehead atoms. The largest absolute Gasteiger partial charge is 0.697 e. The number of piperidine rings is 1.